The van der Waals surface area contributed by atoms with E-state index in [9.17, 15) is 13.2 Å². The van der Waals surface area contributed by atoms with Gasteiger partial charge in [-0.3, -0.25) is 4.79 Å². The fraction of sp³-hybridized carbons (Fsp3) is 0.300. The minimum Gasteiger partial charge on any atom is -0.336 e. The van der Waals surface area contributed by atoms with E-state index in [1.807, 2.05) is 26.0 Å². The lowest BCUT2D eigenvalue weighted by Gasteiger charge is -2.28. The van der Waals surface area contributed by atoms with Gasteiger partial charge in [0.05, 0.1) is 28.3 Å². The molecular weight excluding hydrogens is 384 g/mol. The zero-order chi connectivity index (χ0) is 20.0. The lowest BCUT2D eigenvalue weighted by atomic mass is 10.0. The molecule has 0 aromatic heterocycles. The normalized spacial score (nSPS) is 12.2. The van der Waals surface area contributed by atoms with Gasteiger partial charge in [-0.2, -0.15) is 5.26 Å². The number of nitriles is 1. The Morgan fingerprint density at radius 1 is 1.15 bits per heavy atom. The molecule has 0 radical (unpaired) electrons. The molecule has 5 nitrogen and oxygen atoms in total. The van der Waals surface area contributed by atoms with Gasteiger partial charge in [-0.1, -0.05) is 23.7 Å². The summed E-state index contributed by atoms with van der Waals surface area (Å²) in [5, 5.41) is 9.34. The number of hydrogen-bond acceptors (Lipinski definition) is 4. The van der Waals surface area contributed by atoms with Crippen LogP contribution < -0.4 is 0 Å². The number of hydrogen-bond donors (Lipinski definition) is 0. The van der Waals surface area contributed by atoms with Gasteiger partial charge in [-0.05, 0) is 55.8 Å². The first kappa shape index (κ1) is 20.9. The van der Waals surface area contributed by atoms with Crippen LogP contribution in [0.5, 0.6) is 0 Å². The predicted octanol–water partition coefficient (Wildman–Crippen LogP) is 3.99. The van der Waals surface area contributed by atoms with E-state index >= 15 is 0 Å². The number of carbonyl (C=O) groups excluding carboxylic acids is 1. The molecule has 0 aliphatic heterocycles. The van der Waals surface area contributed by atoms with Crippen LogP contribution in [0, 0.1) is 11.3 Å². The van der Waals surface area contributed by atoms with Crippen molar-refractivity contribution in [2.75, 3.05) is 12.3 Å². The highest BCUT2D eigenvalue weighted by Crippen LogP contribution is 2.22. The smallest absolute Gasteiger partial charge is 0.224 e. The van der Waals surface area contributed by atoms with Gasteiger partial charge >= 0.3 is 0 Å². The Bertz CT molecular complexity index is 933. The molecule has 2 aromatic rings. The number of benzene rings is 2. The Morgan fingerprint density at radius 2 is 1.74 bits per heavy atom. The highest BCUT2D eigenvalue weighted by Gasteiger charge is 2.23. The van der Waals surface area contributed by atoms with Crippen LogP contribution in [0.2, 0.25) is 5.02 Å². The fourth-order valence-corrected chi connectivity index (χ4v) is 4.16. The van der Waals surface area contributed by atoms with Crippen LogP contribution in [-0.4, -0.2) is 31.5 Å². The van der Waals surface area contributed by atoms with E-state index in [4.69, 9.17) is 16.9 Å². The van der Waals surface area contributed by atoms with Crippen molar-refractivity contribution in [3.63, 3.8) is 0 Å². The van der Waals surface area contributed by atoms with Crippen molar-refractivity contribution in [2.45, 2.75) is 31.2 Å². The number of rotatable bonds is 7. The molecule has 0 fully saturated rings. The van der Waals surface area contributed by atoms with Crippen LogP contribution in [0.3, 0.4) is 0 Å². The van der Waals surface area contributed by atoms with Crippen molar-refractivity contribution in [1.82, 2.24) is 4.90 Å². The Balaban J connectivity index is 2.07. The Kier molecular flexibility index (Phi) is 7.00. The summed E-state index contributed by atoms with van der Waals surface area (Å²) in [5.74, 6) is -0.490. The predicted molar refractivity (Wildman–Crippen MR) is 105 cm³/mol. The van der Waals surface area contributed by atoms with Crippen LogP contribution in [0.4, 0.5) is 0 Å². The maximum absolute atomic E-state index is 12.6. The highest BCUT2D eigenvalue weighted by atomic mass is 35.5. The molecule has 0 saturated carbocycles. The molecular formula is C20H21ClN2O3S. The monoisotopic (exact) mass is 404 g/mol. The molecule has 1 unspecified atom stereocenters. The van der Waals surface area contributed by atoms with Gasteiger partial charge in [0.25, 0.3) is 0 Å². The zero-order valence-electron chi connectivity index (χ0n) is 15.2. The summed E-state index contributed by atoms with van der Waals surface area (Å²) in [6.45, 7) is 4.20. The first-order valence-corrected chi connectivity index (χ1v) is 10.6. The van der Waals surface area contributed by atoms with E-state index in [1.54, 1.807) is 17.0 Å². The van der Waals surface area contributed by atoms with Crippen molar-refractivity contribution in [3.05, 3.63) is 64.7 Å². The minimum absolute atomic E-state index is 0.0978. The van der Waals surface area contributed by atoms with Crippen LogP contribution >= 0.6 is 11.6 Å². The van der Waals surface area contributed by atoms with Gasteiger partial charge in [0.15, 0.2) is 9.84 Å². The molecule has 0 bridgehead atoms. The molecule has 1 atom stereocenters. The number of sulfone groups is 1. The summed E-state index contributed by atoms with van der Waals surface area (Å²) in [6.07, 6.45) is -0.0978. The molecule has 0 aliphatic rings. The third kappa shape index (κ3) is 5.31. The first-order valence-electron chi connectivity index (χ1n) is 8.56. The van der Waals surface area contributed by atoms with E-state index in [2.05, 4.69) is 6.07 Å². The molecule has 0 saturated heterocycles. The topological polar surface area (TPSA) is 78.2 Å². The SMILES string of the molecule is CCN(C(=O)CCS(=O)(=O)c1ccc(Cl)cc1)C(C)c1ccc(C#N)cc1. The Hall–Kier alpha value is -2.36. The second-order valence-corrected chi connectivity index (χ2v) is 8.66. The largest absolute Gasteiger partial charge is 0.336 e. The number of halogens is 1. The van der Waals surface area contributed by atoms with Crippen molar-refractivity contribution < 1.29 is 13.2 Å². The molecule has 2 rings (SSSR count). The lowest BCUT2D eigenvalue weighted by molar-refractivity contribution is -0.132. The molecule has 2 aromatic carbocycles. The summed E-state index contributed by atoms with van der Waals surface area (Å²) in [6, 6.07) is 14.8. The van der Waals surface area contributed by atoms with Crippen molar-refractivity contribution in [3.8, 4) is 6.07 Å². The summed E-state index contributed by atoms with van der Waals surface area (Å²) in [4.78, 5) is 14.4. The molecule has 142 valence electrons. The second-order valence-electron chi connectivity index (χ2n) is 6.11. The van der Waals surface area contributed by atoms with E-state index < -0.39 is 9.84 Å². The third-order valence-electron chi connectivity index (χ3n) is 4.41. The van der Waals surface area contributed by atoms with Gasteiger partial charge in [0.1, 0.15) is 0 Å². The average Bonchev–Trinajstić information content (AvgIpc) is 2.67. The standard InChI is InChI=1S/C20H21ClN2O3S/c1-3-23(15(2)17-6-4-16(14-22)5-7-17)20(24)12-13-27(25,26)19-10-8-18(21)9-11-19/h4-11,15H,3,12-13H2,1-2H3. The Morgan fingerprint density at radius 3 is 2.26 bits per heavy atom. The van der Waals surface area contributed by atoms with Gasteiger partial charge in [0, 0.05) is 18.0 Å². The molecule has 0 aliphatic carbocycles. The van der Waals surface area contributed by atoms with Crippen LogP contribution in [0.25, 0.3) is 0 Å². The highest BCUT2D eigenvalue weighted by molar-refractivity contribution is 7.91. The molecule has 1 amide bonds. The summed E-state index contributed by atoms with van der Waals surface area (Å²) in [5.41, 5.74) is 1.44. The van der Waals surface area contributed by atoms with E-state index in [1.165, 1.54) is 24.3 Å². The Labute approximate surface area is 165 Å². The molecule has 0 heterocycles. The maximum Gasteiger partial charge on any atom is 0.224 e. The van der Waals surface area contributed by atoms with Crippen LogP contribution in [0.15, 0.2) is 53.4 Å². The van der Waals surface area contributed by atoms with Gasteiger partial charge in [-0.25, -0.2) is 8.42 Å². The summed E-state index contributed by atoms with van der Waals surface area (Å²) < 4.78 is 24.8. The summed E-state index contributed by atoms with van der Waals surface area (Å²) >= 11 is 5.79. The summed E-state index contributed by atoms with van der Waals surface area (Å²) in [7, 11) is -3.56. The average molecular weight is 405 g/mol. The van der Waals surface area contributed by atoms with Crippen molar-refractivity contribution in [1.29, 1.82) is 5.26 Å². The van der Waals surface area contributed by atoms with Gasteiger partial charge < -0.3 is 4.90 Å². The molecule has 27 heavy (non-hydrogen) atoms. The van der Waals surface area contributed by atoms with Gasteiger partial charge in [0.2, 0.25) is 5.91 Å². The van der Waals surface area contributed by atoms with Crippen molar-refractivity contribution in [2.24, 2.45) is 0 Å². The number of nitrogens with zero attached hydrogens (tertiary/aromatic N) is 2. The molecule has 0 spiro atoms. The molecule has 7 heteroatoms. The van der Waals surface area contributed by atoms with E-state index in [-0.39, 0.29) is 29.0 Å². The minimum atomic E-state index is -3.56. The maximum atomic E-state index is 12.6. The number of carbonyl (C=O) groups is 1. The quantitative estimate of drug-likeness (QED) is 0.699. The van der Waals surface area contributed by atoms with E-state index in [0.29, 0.717) is 17.1 Å². The third-order valence-corrected chi connectivity index (χ3v) is 6.39. The second kappa shape index (κ2) is 9.03. The lowest BCUT2D eigenvalue weighted by Crippen LogP contribution is -2.34. The molecule has 0 N–H and O–H groups in total. The van der Waals surface area contributed by atoms with Crippen molar-refractivity contribution >= 4 is 27.3 Å². The fourth-order valence-electron chi connectivity index (χ4n) is 2.81. The van der Waals surface area contributed by atoms with Crippen LogP contribution in [-0.2, 0) is 14.6 Å². The van der Waals surface area contributed by atoms with E-state index in [0.717, 1.165) is 5.56 Å². The van der Waals surface area contributed by atoms with Gasteiger partial charge in [-0.15, -0.1) is 0 Å². The zero-order valence-corrected chi connectivity index (χ0v) is 16.8. The number of amides is 1. The first-order chi connectivity index (χ1) is 12.8. The van der Waals surface area contributed by atoms with Crippen LogP contribution in [0.1, 0.15) is 37.4 Å².